The summed E-state index contributed by atoms with van der Waals surface area (Å²) in [5.41, 5.74) is 6.29. The molecule has 4 heteroatoms. The van der Waals surface area contributed by atoms with E-state index in [1.165, 1.54) is 24.1 Å². The number of rotatable bonds is 4. The van der Waals surface area contributed by atoms with Crippen LogP contribution in [0.15, 0.2) is 29.4 Å². The molecule has 2 aliphatic carbocycles. The van der Waals surface area contributed by atoms with E-state index < -0.39 is 0 Å². The second kappa shape index (κ2) is 5.97. The maximum atomic E-state index is 12.3. The predicted molar refractivity (Wildman–Crippen MR) is 97.8 cm³/mol. The second-order valence-electron chi connectivity index (χ2n) is 7.62. The number of nitrogens with one attached hydrogen (secondary N) is 1. The van der Waals surface area contributed by atoms with Crippen molar-refractivity contribution in [2.45, 2.75) is 45.8 Å². The Hall–Kier alpha value is -1.29. The predicted octanol–water partition coefficient (Wildman–Crippen LogP) is 4.48. The van der Waals surface area contributed by atoms with E-state index in [1.54, 1.807) is 11.8 Å². The highest BCUT2D eigenvalue weighted by Gasteiger charge is 2.59. The molecule has 124 valence electrons. The monoisotopic (exact) mass is 330 g/mol. The van der Waals surface area contributed by atoms with Crippen molar-refractivity contribution < 1.29 is 4.79 Å². The fraction of sp³-hybridized carbons (Fsp3) is 0.579. The first kappa shape index (κ1) is 16.6. The van der Waals surface area contributed by atoms with Gasteiger partial charge in [0, 0.05) is 22.4 Å². The standard InChI is InChI=1S/C19H26N2OS/c1-18(2)15-9-10-19(18,3)16(11-15)20-21-17(22)14-7-5-13(6-8-14)12-23-4/h5-8,15H,9-12H2,1-4H3,(H,21,22)/b20-16-/t15-,19+/m1/s1. The van der Waals surface area contributed by atoms with E-state index in [0.717, 1.165) is 12.2 Å². The van der Waals surface area contributed by atoms with Gasteiger partial charge >= 0.3 is 0 Å². The number of fused-ring (bicyclic) bond motifs is 2. The normalized spacial score (nSPS) is 29.9. The largest absolute Gasteiger partial charge is 0.271 e. The number of benzene rings is 1. The Labute approximate surface area is 143 Å². The lowest BCUT2D eigenvalue weighted by atomic mass is 9.70. The molecule has 3 rings (SSSR count). The van der Waals surface area contributed by atoms with Gasteiger partial charge in [0.2, 0.25) is 0 Å². The van der Waals surface area contributed by atoms with E-state index in [9.17, 15) is 4.79 Å². The van der Waals surface area contributed by atoms with Gasteiger partial charge in [-0.1, -0.05) is 32.9 Å². The van der Waals surface area contributed by atoms with Crippen LogP contribution < -0.4 is 5.43 Å². The summed E-state index contributed by atoms with van der Waals surface area (Å²) in [4.78, 5) is 12.3. The van der Waals surface area contributed by atoms with E-state index in [4.69, 9.17) is 0 Å². The third kappa shape index (κ3) is 2.71. The number of amides is 1. The Morgan fingerprint density at radius 2 is 2.00 bits per heavy atom. The average Bonchev–Trinajstić information content (AvgIpc) is 2.86. The Morgan fingerprint density at radius 1 is 1.30 bits per heavy atom. The Bertz CT molecular complexity index is 635. The Kier molecular flexibility index (Phi) is 4.30. The van der Waals surface area contributed by atoms with E-state index in [0.29, 0.717) is 11.5 Å². The van der Waals surface area contributed by atoms with Crippen molar-refractivity contribution in [2.24, 2.45) is 21.8 Å². The lowest BCUT2D eigenvalue weighted by Gasteiger charge is -2.34. The minimum atomic E-state index is -0.114. The fourth-order valence-corrected chi connectivity index (χ4v) is 4.73. The SMILES string of the molecule is CSCc1ccc(C(=O)N/N=C2/C[C@H]3CC[C@]2(C)C3(C)C)cc1. The Morgan fingerprint density at radius 3 is 2.52 bits per heavy atom. The highest BCUT2D eigenvalue weighted by molar-refractivity contribution is 7.97. The van der Waals surface area contributed by atoms with Gasteiger partial charge in [0.15, 0.2) is 0 Å². The molecule has 2 aliphatic rings. The zero-order valence-electron chi connectivity index (χ0n) is 14.5. The highest BCUT2D eigenvalue weighted by Crippen LogP contribution is 2.63. The molecule has 3 nitrogen and oxygen atoms in total. The van der Waals surface area contributed by atoms with Crippen molar-refractivity contribution in [1.82, 2.24) is 5.43 Å². The second-order valence-corrected chi connectivity index (χ2v) is 8.49. The third-order valence-corrected chi connectivity index (χ3v) is 6.95. The molecule has 2 bridgehead atoms. The molecule has 1 amide bonds. The van der Waals surface area contributed by atoms with Crippen LogP contribution in [-0.2, 0) is 5.75 Å². The first-order valence-electron chi connectivity index (χ1n) is 8.34. The van der Waals surface area contributed by atoms with Crippen LogP contribution in [0.3, 0.4) is 0 Å². The zero-order chi connectivity index (χ0) is 16.7. The number of nitrogens with zero attached hydrogens (tertiary/aromatic N) is 1. The van der Waals surface area contributed by atoms with Crippen LogP contribution in [0.1, 0.15) is 56.0 Å². The number of thioether (sulfide) groups is 1. The number of carbonyl (C=O) groups excluding carboxylic acids is 1. The molecule has 2 atom stereocenters. The van der Waals surface area contributed by atoms with Crippen LogP contribution in [0.25, 0.3) is 0 Å². The van der Waals surface area contributed by atoms with Crippen molar-refractivity contribution in [1.29, 1.82) is 0 Å². The summed E-state index contributed by atoms with van der Waals surface area (Å²) in [6.07, 6.45) is 5.57. The van der Waals surface area contributed by atoms with E-state index in [1.807, 2.05) is 24.3 Å². The van der Waals surface area contributed by atoms with Crippen LogP contribution in [0.5, 0.6) is 0 Å². The van der Waals surface area contributed by atoms with Crippen LogP contribution >= 0.6 is 11.8 Å². The topological polar surface area (TPSA) is 41.5 Å². The van der Waals surface area contributed by atoms with Gasteiger partial charge in [-0.15, -0.1) is 0 Å². The molecular weight excluding hydrogens is 304 g/mol. The molecule has 23 heavy (non-hydrogen) atoms. The van der Waals surface area contributed by atoms with Gasteiger partial charge in [0.05, 0.1) is 0 Å². The smallest absolute Gasteiger partial charge is 0.267 e. The van der Waals surface area contributed by atoms with Crippen molar-refractivity contribution >= 4 is 23.4 Å². The highest BCUT2D eigenvalue weighted by atomic mass is 32.2. The van der Waals surface area contributed by atoms with Crippen LogP contribution in [-0.4, -0.2) is 17.9 Å². The van der Waals surface area contributed by atoms with Crippen molar-refractivity contribution in [3.8, 4) is 0 Å². The summed E-state index contributed by atoms with van der Waals surface area (Å²) in [5.74, 6) is 1.56. The summed E-state index contributed by atoms with van der Waals surface area (Å²) < 4.78 is 0. The van der Waals surface area contributed by atoms with Gasteiger partial charge in [-0.25, -0.2) is 5.43 Å². The fourth-order valence-electron chi connectivity index (χ4n) is 4.20. The van der Waals surface area contributed by atoms with E-state index in [-0.39, 0.29) is 16.7 Å². The molecule has 0 unspecified atom stereocenters. The first-order chi connectivity index (χ1) is 10.9. The summed E-state index contributed by atoms with van der Waals surface area (Å²) in [6.45, 7) is 7.00. The van der Waals surface area contributed by atoms with Gasteiger partial charge < -0.3 is 0 Å². The van der Waals surface area contributed by atoms with Crippen molar-refractivity contribution in [3.05, 3.63) is 35.4 Å². The molecule has 0 radical (unpaired) electrons. The van der Waals surface area contributed by atoms with Gasteiger partial charge in [-0.2, -0.15) is 16.9 Å². The lowest BCUT2D eigenvalue weighted by Crippen LogP contribution is -2.34. The van der Waals surface area contributed by atoms with Crippen LogP contribution in [0, 0.1) is 16.7 Å². The first-order valence-corrected chi connectivity index (χ1v) is 9.73. The molecule has 0 saturated heterocycles. The summed E-state index contributed by atoms with van der Waals surface area (Å²) in [6, 6.07) is 7.79. The molecule has 2 fully saturated rings. The molecule has 2 saturated carbocycles. The van der Waals surface area contributed by atoms with E-state index in [2.05, 4.69) is 37.6 Å². The average molecular weight is 330 g/mol. The van der Waals surface area contributed by atoms with Crippen LogP contribution in [0.2, 0.25) is 0 Å². The molecule has 0 aromatic heterocycles. The molecule has 1 aromatic rings. The molecule has 1 aromatic carbocycles. The molecule has 0 heterocycles. The third-order valence-electron chi connectivity index (χ3n) is 6.33. The summed E-state index contributed by atoms with van der Waals surface area (Å²) in [5, 5.41) is 4.52. The number of hydrogen-bond acceptors (Lipinski definition) is 3. The minimum absolute atomic E-state index is 0.114. The number of carbonyl (C=O) groups is 1. The van der Waals surface area contributed by atoms with E-state index >= 15 is 0 Å². The molecule has 0 spiro atoms. The maximum Gasteiger partial charge on any atom is 0.271 e. The molecule has 0 aliphatic heterocycles. The summed E-state index contributed by atoms with van der Waals surface area (Å²) >= 11 is 1.78. The number of hydrogen-bond donors (Lipinski definition) is 1. The van der Waals surface area contributed by atoms with Gasteiger partial charge in [-0.3, -0.25) is 4.79 Å². The minimum Gasteiger partial charge on any atom is -0.267 e. The maximum absolute atomic E-state index is 12.3. The van der Waals surface area contributed by atoms with Gasteiger partial charge in [0.1, 0.15) is 0 Å². The van der Waals surface area contributed by atoms with Crippen LogP contribution in [0.4, 0.5) is 0 Å². The number of hydrazone groups is 1. The van der Waals surface area contributed by atoms with Gasteiger partial charge in [-0.05, 0) is 54.5 Å². The molecular formula is C19H26N2OS. The quantitative estimate of drug-likeness (QED) is 0.827. The van der Waals surface area contributed by atoms with Gasteiger partial charge in [0.25, 0.3) is 5.91 Å². The molecule has 1 N–H and O–H groups in total. The zero-order valence-corrected chi connectivity index (χ0v) is 15.3. The lowest BCUT2D eigenvalue weighted by molar-refractivity contribution is 0.0954. The van der Waals surface area contributed by atoms with Crippen molar-refractivity contribution in [2.75, 3.05) is 6.26 Å². The Balaban J connectivity index is 1.70. The van der Waals surface area contributed by atoms with Crippen molar-refractivity contribution in [3.63, 3.8) is 0 Å². The summed E-state index contributed by atoms with van der Waals surface area (Å²) in [7, 11) is 0.